The van der Waals surface area contributed by atoms with E-state index >= 15 is 0 Å². The lowest BCUT2D eigenvalue weighted by molar-refractivity contribution is -0.139. The molecule has 0 aliphatic heterocycles. The van der Waals surface area contributed by atoms with Gasteiger partial charge in [0.2, 0.25) is 0 Å². The summed E-state index contributed by atoms with van der Waals surface area (Å²) in [6.45, 7) is 0. The van der Waals surface area contributed by atoms with Crippen LogP contribution in [-0.4, -0.2) is 30.3 Å². The van der Waals surface area contributed by atoms with E-state index in [0.717, 1.165) is 7.11 Å². The number of aliphatic carboxylic acids is 1. The molecule has 0 bridgehead atoms. The summed E-state index contributed by atoms with van der Waals surface area (Å²) in [6, 6.07) is 0.726. The van der Waals surface area contributed by atoms with Crippen LogP contribution in [0.2, 0.25) is 0 Å². The third kappa shape index (κ3) is 4.63. The molecule has 1 unspecified atom stereocenters. The zero-order valence-electron chi connectivity index (χ0n) is 7.11. The molecule has 0 radical (unpaired) electrons. The highest BCUT2D eigenvalue weighted by molar-refractivity contribution is 5.79. The molecule has 1 atom stereocenters. The Morgan fingerprint density at radius 3 is 2.69 bits per heavy atom. The highest BCUT2D eigenvalue weighted by atomic mass is 16.5. The summed E-state index contributed by atoms with van der Waals surface area (Å²) in [7, 11) is 1.14. The molecule has 6 nitrogen and oxygen atoms in total. The van der Waals surface area contributed by atoms with Gasteiger partial charge in [-0.3, -0.25) is 0 Å². The van der Waals surface area contributed by atoms with Gasteiger partial charge in [0, 0.05) is 6.42 Å². The van der Waals surface area contributed by atoms with Gasteiger partial charge in [-0.2, -0.15) is 5.26 Å². The molecule has 0 aliphatic rings. The number of nitrogens with zero attached hydrogens (tertiary/aromatic N) is 1. The monoisotopic (exact) mass is 186 g/mol. The number of carboxylic acids is 1. The number of methoxy groups -OCH3 is 1. The molecule has 0 aromatic carbocycles. The van der Waals surface area contributed by atoms with Gasteiger partial charge in [0.15, 0.2) is 0 Å². The Hall–Kier alpha value is -1.77. The molecule has 0 saturated heterocycles. The summed E-state index contributed by atoms with van der Waals surface area (Å²) in [5.41, 5.74) is 0. The minimum Gasteiger partial charge on any atom is -0.480 e. The minimum atomic E-state index is -1.18. The molecule has 13 heavy (non-hydrogen) atoms. The first-order valence-electron chi connectivity index (χ1n) is 3.56. The largest absolute Gasteiger partial charge is 0.480 e. The number of carbonyl (C=O) groups is 2. The quantitative estimate of drug-likeness (QED) is 0.648. The second-order valence-corrected chi connectivity index (χ2v) is 2.22. The standard InChI is InChI=1S/C7H10N2O4/c1-13-7(12)9-5(6(10)11)3-2-4-8/h5H,2-3H2,1H3,(H,9,12)(H,10,11). The zero-order chi connectivity index (χ0) is 10.3. The molecule has 2 N–H and O–H groups in total. The van der Waals surface area contributed by atoms with Crippen LogP contribution in [0.1, 0.15) is 12.8 Å². The third-order valence-corrected chi connectivity index (χ3v) is 1.32. The van der Waals surface area contributed by atoms with Crippen molar-refractivity contribution < 1.29 is 19.4 Å². The van der Waals surface area contributed by atoms with Gasteiger partial charge < -0.3 is 15.2 Å². The second-order valence-electron chi connectivity index (χ2n) is 2.22. The van der Waals surface area contributed by atoms with E-state index < -0.39 is 18.1 Å². The molecular weight excluding hydrogens is 176 g/mol. The van der Waals surface area contributed by atoms with Gasteiger partial charge >= 0.3 is 12.1 Å². The van der Waals surface area contributed by atoms with Crippen molar-refractivity contribution in [1.82, 2.24) is 5.32 Å². The van der Waals surface area contributed by atoms with Crippen LogP contribution in [0.25, 0.3) is 0 Å². The molecule has 0 aromatic rings. The highest BCUT2D eigenvalue weighted by Gasteiger charge is 2.19. The molecule has 0 heterocycles. The molecule has 6 heteroatoms. The SMILES string of the molecule is COC(=O)NC(CCC#N)C(=O)O. The Balaban J connectivity index is 4.03. The fraction of sp³-hybridized carbons (Fsp3) is 0.571. The van der Waals surface area contributed by atoms with E-state index in [1.165, 1.54) is 0 Å². The van der Waals surface area contributed by atoms with Gasteiger partial charge in [-0.25, -0.2) is 9.59 Å². The predicted octanol–water partition coefficient (Wildman–Crippen LogP) is 0.0994. The van der Waals surface area contributed by atoms with Crippen molar-refractivity contribution in [2.45, 2.75) is 18.9 Å². The molecule has 0 rings (SSSR count). The van der Waals surface area contributed by atoms with Gasteiger partial charge in [0.1, 0.15) is 6.04 Å². The summed E-state index contributed by atoms with van der Waals surface area (Å²) in [6.07, 6.45) is -0.674. The van der Waals surface area contributed by atoms with Crippen molar-refractivity contribution in [2.24, 2.45) is 0 Å². The first-order chi connectivity index (χ1) is 6.11. The second kappa shape index (κ2) is 5.83. The van der Waals surface area contributed by atoms with E-state index in [9.17, 15) is 9.59 Å². The predicted molar refractivity (Wildman–Crippen MR) is 41.8 cm³/mol. The van der Waals surface area contributed by atoms with Crippen molar-refractivity contribution in [3.05, 3.63) is 0 Å². The summed E-state index contributed by atoms with van der Waals surface area (Å²) in [5, 5.41) is 18.9. The lowest BCUT2D eigenvalue weighted by atomic mass is 10.2. The number of carboxylic acid groups (broad SMARTS) is 1. The molecule has 72 valence electrons. The number of carbonyl (C=O) groups excluding carboxylic acids is 1. The third-order valence-electron chi connectivity index (χ3n) is 1.32. The number of nitrogens with one attached hydrogen (secondary N) is 1. The lowest BCUT2D eigenvalue weighted by Crippen LogP contribution is -2.40. The van der Waals surface area contributed by atoms with Crippen molar-refractivity contribution >= 4 is 12.1 Å². The van der Waals surface area contributed by atoms with Crippen LogP contribution in [0.5, 0.6) is 0 Å². The van der Waals surface area contributed by atoms with Crippen LogP contribution < -0.4 is 5.32 Å². The highest BCUT2D eigenvalue weighted by Crippen LogP contribution is 1.96. The number of alkyl carbamates (subject to hydrolysis) is 1. The molecule has 0 fully saturated rings. The van der Waals surface area contributed by atoms with Crippen molar-refractivity contribution in [3.63, 3.8) is 0 Å². The molecule has 0 aromatic heterocycles. The van der Waals surface area contributed by atoms with Crippen molar-refractivity contribution in [2.75, 3.05) is 7.11 Å². The van der Waals surface area contributed by atoms with E-state index in [4.69, 9.17) is 10.4 Å². The van der Waals surface area contributed by atoms with E-state index in [1.807, 2.05) is 0 Å². The Morgan fingerprint density at radius 1 is 1.69 bits per heavy atom. The molecule has 1 amide bonds. The molecule has 0 spiro atoms. The van der Waals surface area contributed by atoms with Gasteiger partial charge in [0.05, 0.1) is 13.2 Å². The summed E-state index contributed by atoms with van der Waals surface area (Å²) >= 11 is 0. The number of hydrogen-bond donors (Lipinski definition) is 2. The fourth-order valence-corrected chi connectivity index (χ4v) is 0.667. The minimum absolute atomic E-state index is 0.0704. The van der Waals surface area contributed by atoms with Crippen molar-refractivity contribution in [1.29, 1.82) is 5.26 Å². The summed E-state index contributed by atoms with van der Waals surface area (Å²) in [4.78, 5) is 21.1. The van der Waals surface area contributed by atoms with Gasteiger partial charge in [-0.15, -0.1) is 0 Å². The Morgan fingerprint density at radius 2 is 2.31 bits per heavy atom. The van der Waals surface area contributed by atoms with Crippen LogP contribution in [0.3, 0.4) is 0 Å². The first kappa shape index (κ1) is 11.2. The van der Waals surface area contributed by atoms with Gasteiger partial charge in [0.25, 0.3) is 0 Å². The maximum atomic E-state index is 10.6. The number of hydrogen-bond acceptors (Lipinski definition) is 4. The van der Waals surface area contributed by atoms with Crippen LogP contribution in [0.15, 0.2) is 0 Å². The van der Waals surface area contributed by atoms with E-state index in [-0.39, 0.29) is 12.8 Å². The summed E-state index contributed by atoms with van der Waals surface area (Å²) < 4.78 is 4.21. The van der Waals surface area contributed by atoms with Crippen LogP contribution in [0.4, 0.5) is 4.79 Å². The number of ether oxygens (including phenoxy) is 1. The van der Waals surface area contributed by atoms with Crippen LogP contribution >= 0.6 is 0 Å². The average Bonchev–Trinajstić information content (AvgIpc) is 2.11. The van der Waals surface area contributed by atoms with Crippen molar-refractivity contribution in [3.8, 4) is 6.07 Å². The Kier molecular flexibility index (Phi) is 5.03. The maximum Gasteiger partial charge on any atom is 0.407 e. The first-order valence-corrected chi connectivity index (χ1v) is 3.56. The smallest absolute Gasteiger partial charge is 0.407 e. The maximum absolute atomic E-state index is 10.6. The fourth-order valence-electron chi connectivity index (χ4n) is 0.667. The van der Waals surface area contributed by atoms with Crippen LogP contribution in [0, 0.1) is 11.3 Å². The Bertz CT molecular complexity index is 233. The number of nitriles is 1. The van der Waals surface area contributed by atoms with E-state index in [2.05, 4.69) is 10.1 Å². The molecule has 0 saturated carbocycles. The number of amides is 1. The van der Waals surface area contributed by atoms with Gasteiger partial charge in [-0.05, 0) is 6.42 Å². The lowest BCUT2D eigenvalue weighted by Gasteiger charge is -2.10. The van der Waals surface area contributed by atoms with E-state index in [0.29, 0.717) is 0 Å². The average molecular weight is 186 g/mol. The number of rotatable bonds is 4. The van der Waals surface area contributed by atoms with Gasteiger partial charge in [-0.1, -0.05) is 0 Å². The molecule has 0 aliphatic carbocycles. The Labute approximate surface area is 75.1 Å². The van der Waals surface area contributed by atoms with Crippen LogP contribution in [-0.2, 0) is 9.53 Å². The normalized spacial score (nSPS) is 11.1. The topological polar surface area (TPSA) is 99.4 Å². The zero-order valence-corrected chi connectivity index (χ0v) is 7.11. The molecular formula is C7H10N2O4. The summed E-state index contributed by atoms with van der Waals surface area (Å²) in [5.74, 6) is -1.18. The van der Waals surface area contributed by atoms with E-state index in [1.54, 1.807) is 6.07 Å².